The maximum Gasteiger partial charge on any atom is 0.302 e. The van der Waals surface area contributed by atoms with Gasteiger partial charge in [0.25, 0.3) is 0 Å². The number of hydrogen-bond donors (Lipinski definition) is 1. The normalized spacial score (nSPS) is 35.4. The molecule has 200 valence electrons. The van der Waals surface area contributed by atoms with Gasteiger partial charge in [-0.2, -0.15) is 0 Å². The molecule has 5 rings (SSSR count). The fourth-order valence-corrected chi connectivity index (χ4v) is 8.31. The van der Waals surface area contributed by atoms with Crippen molar-refractivity contribution in [2.45, 2.75) is 109 Å². The Hall–Kier alpha value is -1.59. The van der Waals surface area contributed by atoms with Crippen LogP contribution in [0.25, 0.3) is 0 Å². The highest BCUT2D eigenvalue weighted by molar-refractivity contribution is 5.66. The van der Waals surface area contributed by atoms with Gasteiger partial charge in [0.05, 0.1) is 6.61 Å². The molecular formula is C31H47NO4. The quantitative estimate of drug-likeness (QED) is 0.317. The number of esters is 1. The molecule has 1 heterocycles. The molecule has 36 heavy (non-hydrogen) atoms. The molecular weight excluding hydrogens is 450 g/mol. The third-order valence-corrected chi connectivity index (χ3v) is 10.0. The first-order valence-corrected chi connectivity index (χ1v) is 14.7. The molecule has 1 aromatic carbocycles. The van der Waals surface area contributed by atoms with Crippen molar-refractivity contribution in [3.05, 3.63) is 29.3 Å². The van der Waals surface area contributed by atoms with E-state index in [1.165, 1.54) is 50.5 Å². The maximum atomic E-state index is 11.9. The van der Waals surface area contributed by atoms with Gasteiger partial charge in [0.2, 0.25) is 0 Å². The van der Waals surface area contributed by atoms with Crippen LogP contribution in [0.2, 0.25) is 0 Å². The number of nitrogens with one attached hydrogen (secondary N) is 1. The molecule has 7 atom stereocenters. The Bertz CT molecular complexity index is 897. The van der Waals surface area contributed by atoms with E-state index in [1.54, 1.807) is 12.5 Å². The average Bonchev–Trinajstić information content (AvgIpc) is 3.19. The zero-order chi connectivity index (χ0) is 25.1. The highest BCUT2D eigenvalue weighted by Gasteiger charge is 2.58. The molecule has 0 aromatic heterocycles. The predicted molar refractivity (Wildman–Crippen MR) is 142 cm³/mol. The first kappa shape index (κ1) is 26.0. The van der Waals surface area contributed by atoms with Gasteiger partial charge in [-0.1, -0.05) is 25.8 Å². The van der Waals surface area contributed by atoms with E-state index in [2.05, 4.69) is 30.4 Å². The highest BCUT2D eigenvalue weighted by atomic mass is 16.7. The Kier molecular flexibility index (Phi) is 8.27. The third-order valence-electron chi connectivity index (χ3n) is 10.0. The molecule has 0 amide bonds. The number of hydrogen-bond acceptors (Lipinski definition) is 5. The zero-order valence-corrected chi connectivity index (χ0v) is 22.7. The van der Waals surface area contributed by atoms with Gasteiger partial charge >= 0.3 is 5.97 Å². The summed E-state index contributed by atoms with van der Waals surface area (Å²) in [5, 5.41) is 3.29. The van der Waals surface area contributed by atoms with Crippen molar-refractivity contribution in [1.82, 2.24) is 5.32 Å². The molecule has 3 aliphatic carbocycles. The smallest absolute Gasteiger partial charge is 0.302 e. The second-order valence-corrected chi connectivity index (χ2v) is 12.2. The van der Waals surface area contributed by atoms with Crippen molar-refractivity contribution in [2.75, 3.05) is 20.2 Å². The summed E-state index contributed by atoms with van der Waals surface area (Å²) in [7, 11) is 2.04. The lowest BCUT2D eigenvalue weighted by Gasteiger charge is -2.53. The number of unbranched alkanes of at least 4 members (excludes halogenated alkanes) is 2. The zero-order valence-electron chi connectivity index (χ0n) is 22.7. The van der Waals surface area contributed by atoms with Crippen molar-refractivity contribution < 1.29 is 19.0 Å². The van der Waals surface area contributed by atoms with E-state index in [0.29, 0.717) is 23.7 Å². The van der Waals surface area contributed by atoms with Gasteiger partial charge < -0.3 is 19.5 Å². The molecule has 5 heteroatoms. The molecule has 1 aromatic rings. The van der Waals surface area contributed by atoms with E-state index in [-0.39, 0.29) is 23.8 Å². The van der Waals surface area contributed by atoms with Gasteiger partial charge in [0.1, 0.15) is 11.9 Å². The van der Waals surface area contributed by atoms with Gasteiger partial charge in [-0.15, -0.1) is 0 Å². The Morgan fingerprint density at radius 3 is 2.81 bits per heavy atom. The molecule has 1 saturated heterocycles. The molecule has 4 aliphatic rings. The van der Waals surface area contributed by atoms with Crippen molar-refractivity contribution in [1.29, 1.82) is 0 Å². The molecule has 0 radical (unpaired) electrons. The van der Waals surface area contributed by atoms with E-state index >= 15 is 0 Å². The SMILES string of the molecule is CNCCCCC[C@@H]1Cc2cc(OC3CCCCO3)ccc2[C@H]2CC[C@]3(C)[C@@H](OC(C)=O)CC[C@H]3[C@H]12. The van der Waals surface area contributed by atoms with Gasteiger partial charge in [-0.05, 0) is 118 Å². The van der Waals surface area contributed by atoms with Crippen LogP contribution >= 0.6 is 0 Å². The van der Waals surface area contributed by atoms with Crippen molar-refractivity contribution in [3.8, 4) is 5.75 Å². The van der Waals surface area contributed by atoms with E-state index in [4.69, 9.17) is 14.2 Å². The van der Waals surface area contributed by atoms with E-state index in [1.807, 2.05) is 7.05 Å². The van der Waals surface area contributed by atoms with E-state index < -0.39 is 0 Å². The first-order chi connectivity index (χ1) is 17.5. The number of rotatable bonds is 9. The average molecular weight is 498 g/mol. The fraction of sp³-hybridized carbons (Fsp3) is 0.774. The van der Waals surface area contributed by atoms with Crippen LogP contribution in [0.1, 0.15) is 102 Å². The number of fused-ring (bicyclic) bond motifs is 5. The number of benzene rings is 1. The lowest BCUT2D eigenvalue weighted by atomic mass is 9.52. The molecule has 5 nitrogen and oxygen atoms in total. The molecule has 0 spiro atoms. The van der Waals surface area contributed by atoms with Crippen LogP contribution in [0.5, 0.6) is 5.75 Å². The molecule has 0 bridgehead atoms. The molecule has 2 saturated carbocycles. The van der Waals surface area contributed by atoms with Crippen molar-refractivity contribution in [3.63, 3.8) is 0 Å². The Morgan fingerprint density at radius 2 is 2.03 bits per heavy atom. The van der Waals surface area contributed by atoms with Gasteiger partial charge in [0.15, 0.2) is 6.29 Å². The Labute approximate surface area is 218 Å². The molecule has 3 fully saturated rings. The third kappa shape index (κ3) is 5.34. The van der Waals surface area contributed by atoms with Crippen molar-refractivity contribution >= 4 is 5.97 Å². The lowest BCUT2D eigenvalue weighted by molar-refractivity contribution is -0.155. The van der Waals surface area contributed by atoms with Crippen LogP contribution in [0, 0.1) is 23.2 Å². The first-order valence-electron chi connectivity index (χ1n) is 14.7. The van der Waals surface area contributed by atoms with Crippen LogP contribution in [-0.4, -0.2) is 38.6 Å². The molecule has 1 aliphatic heterocycles. The summed E-state index contributed by atoms with van der Waals surface area (Å²) in [4.78, 5) is 11.9. The summed E-state index contributed by atoms with van der Waals surface area (Å²) in [5.74, 6) is 3.50. The standard InChI is InChI=1S/C31H47NO4/c1-21(33)35-28-14-13-27-30-22(9-5-4-7-17-32-3)19-23-20-24(36-29-10-6-8-18-34-29)11-12-25(23)26(30)15-16-31(27,28)2/h11-12,20,22,26-30,32H,4-10,13-19H2,1-3H3/t22-,26-,27+,28+,29?,30-,31+/m1/s1. The molecule has 1 unspecified atom stereocenters. The van der Waals surface area contributed by atoms with Gasteiger partial charge in [-0.3, -0.25) is 4.79 Å². The van der Waals surface area contributed by atoms with Gasteiger partial charge in [0, 0.05) is 18.8 Å². The van der Waals surface area contributed by atoms with Gasteiger partial charge in [-0.25, -0.2) is 0 Å². The largest absolute Gasteiger partial charge is 0.465 e. The summed E-state index contributed by atoms with van der Waals surface area (Å²) < 4.78 is 18.0. The summed E-state index contributed by atoms with van der Waals surface area (Å²) >= 11 is 0. The number of carbonyl (C=O) groups excluding carboxylic acids is 1. The summed E-state index contributed by atoms with van der Waals surface area (Å²) in [5.41, 5.74) is 3.18. The van der Waals surface area contributed by atoms with Crippen molar-refractivity contribution in [2.24, 2.45) is 23.2 Å². The fourth-order valence-electron chi connectivity index (χ4n) is 8.31. The summed E-state index contributed by atoms with van der Waals surface area (Å²) in [6, 6.07) is 6.90. The van der Waals surface area contributed by atoms with Crippen LogP contribution in [0.15, 0.2) is 18.2 Å². The van der Waals surface area contributed by atoms with E-state index in [0.717, 1.165) is 51.0 Å². The van der Waals surface area contributed by atoms with E-state index in [9.17, 15) is 4.79 Å². The number of ether oxygens (including phenoxy) is 3. The minimum atomic E-state index is -0.117. The van der Waals surface area contributed by atoms with Crippen LogP contribution in [0.4, 0.5) is 0 Å². The summed E-state index contributed by atoms with van der Waals surface area (Å²) in [6.45, 7) is 5.91. The van der Waals surface area contributed by atoms with Crippen LogP contribution in [-0.2, 0) is 20.7 Å². The monoisotopic (exact) mass is 497 g/mol. The maximum absolute atomic E-state index is 11.9. The topological polar surface area (TPSA) is 56.8 Å². The predicted octanol–water partition coefficient (Wildman–Crippen LogP) is 6.39. The lowest BCUT2D eigenvalue weighted by Crippen LogP contribution is -2.48. The highest BCUT2D eigenvalue weighted by Crippen LogP contribution is 2.63. The minimum Gasteiger partial charge on any atom is -0.465 e. The Balaban J connectivity index is 1.38. The second kappa shape index (κ2) is 11.4. The Morgan fingerprint density at radius 1 is 1.14 bits per heavy atom. The molecule has 1 N–H and O–H groups in total. The number of carbonyl (C=O) groups is 1. The second-order valence-electron chi connectivity index (χ2n) is 12.2. The summed E-state index contributed by atoms with van der Waals surface area (Å²) in [6.07, 6.45) is 14.2. The minimum absolute atomic E-state index is 0.0879. The van der Waals surface area contributed by atoms with Crippen LogP contribution < -0.4 is 10.1 Å². The van der Waals surface area contributed by atoms with Crippen LogP contribution in [0.3, 0.4) is 0 Å².